The monoisotopic (exact) mass is 399 g/mol. The molecule has 1 amide bonds. The van der Waals surface area contributed by atoms with E-state index in [9.17, 15) is 4.79 Å². The number of rotatable bonds is 7. The number of likely N-dealkylation sites (tertiary alicyclic amines) is 1. The number of carbonyl (C=O) groups excluding carboxylic acids is 1. The molecule has 0 bridgehead atoms. The summed E-state index contributed by atoms with van der Waals surface area (Å²) < 4.78 is 5.51. The number of benzene rings is 1. The van der Waals surface area contributed by atoms with Gasteiger partial charge in [-0.05, 0) is 42.6 Å². The fourth-order valence-electron chi connectivity index (χ4n) is 5.54. The van der Waals surface area contributed by atoms with Gasteiger partial charge in [-0.15, -0.1) is 0 Å². The fourth-order valence-corrected chi connectivity index (χ4v) is 5.54. The molecule has 3 fully saturated rings. The van der Waals surface area contributed by atoms with Crippen molar-refractivity contribution in [3.05, 3.63) is 35.9 Å². The van der Waals surface area contributed by atoms with Crippen molar-refractivity contribution in [1.82, 2.24) is 15.1 Å². The molecule has 2 saturated heterocycles. The molecule has 1 aliphatic carbocycles. The van der Waals surface area contributed by atoms with Crippen LogP contribution in [-0.2, 0) is 16.1 Å². The number of amides is 1. The van der Waals surface area contributed by atoms with E-state index in [0.29, 0.717) is 17.9 Å². The Morgan fingerprint density at radius 1 is 1.14 bits per heavy atom. The SMILES string of the molecule is CC(C)CC(C(=O)N[C@@H]1CC[C@H]2CN(Cc3ccccc3)C[C@H]21)N1CCOCC1. The van der Waals surface area contributed by atoms with Gasteiger partial charge in [0.25, 0.3) is 0 Å². The quantitative estimate of drug-likeness (QED) is 0.766. The summed E-state index contributed by atoms with van der Waals surface area (Å²) >= 11 is 0. The van der Waals surface area contributed by atoms with Gasteiger partial charge in [0.2, 0.25) is 5.91 Å². The lowest BCUT2D eigenvalue weighted by Gasteiger charge is -2.35. The molecule has 1 saturated carbocycles. The standard InChI is InChI=1S/C24H37N3O2/c1-18(2)14-23(27-10-12-29-13-11-27)24(28)25-22-9-8-20-16-26(17-21(20)22)15-19-6-4-3-5-7-19/h3-7,18,20-23H,8-17H2,1-2H3,(H,25,28)/t20-,21+,22+,23?/m0/s1. The number of hydrogen-bond acceptors (Lipinski definition) is 4. The summed E-state index contributed by atoms with van der Waals surface area (Å²) in [6, 6.07) is 11.1. The van der Waals surface area contributed by atoms with Gasteiger partial charge in [0.05, 0.1) is 19.3 Å². The van der Waals surface area contributed by atoms with E-state index in [0.717, 1.165) is 58.2 Å². The third kappa shape index (κ3) is 5.19. The second-order valence-electron chi connectivity index (χ2n) is 9.59. The summed E-state index contributed by atoms with van der Waals surface area (Å²) in [5.74, 6) is 2.09. The van der Waals surface area contributed by atoms with Gasteiger partial charge in [0, 0.05) is 38.8 Å². The Balaban J connectivity index is 1.35. The number of hydrogen-bond donors (Lipinski definition) is 1. The minimum absolute atomic E-state index is 0.0141. The van der Waals surface area contributed by atoms with Crippen LogP contribution in [0.3, 0.4) is 0 Å². The normalized spacial score (nSPS) is 29.1. The molecule has 29 heavy (non-hydrogen) atoms. The van der Waals surface area contributed by atoms with E-state index in [1.54, 1.807) is 0 Å². The zero-order valence-corrected chi connectivity index (χ0v) is 18.1. The van der Waals surface area contributed by atoms with Gasteiger partial charge in [-0.3, -0.25) is 14.6 Å². The molecule has 0 radical (unpaired) electrons. The molecule has 0 aromatic heterocycles. The number of ether oxygens (including phenoxy) is 1. The molecule has 5 nitrogen and oxygen atoms in total. The van der Waals surface area contributed by atoms with Gasteiger partial charge in [-0.2, -0.15) is 0 Å². The highest BCUT2D eigenvalue weighted by Crippen LogP contribution is 2.38. The minimum atomic E-state index is -0.0141. The van der Waals surface area contributed by atoms with E-state index in [2.05, 4.69) is 59.3 Å². The van der Waals surface area contributed by atoms with Crippen LogP contribution in [0, 0.1) is 17.8 Å². The zero-order chi connectivity index (χ0) is 20.2. The lowest BCUT2D eigenvalue weighted by Crippen LogP contribution is -2.54. The minimum Gasteiger partial charge on any atom is -0.379 e. The molecule has 1 aromatic carbocycles. The summed E-state index contributed by atoms with van der Waals surface area (Å²) in [7, 11) is 0. The lowest BCUT2D eigenvalue weighted by atomic mass is 9.96. The van der Waals surface area contributed by atoms with E-state index in [1.807, 2.05) is 0 Å². The Hall–Kier alpha value is -1.43. The molecule has 1 unspecified atom stereocenters. The molecule has 3 aliphatic rings. The molecule has 4 rings (SSSR count). The maximum atomic E-state index is 13.3. The van der Waals surface area contributed by atoms with Crippen LogP contribution in [0.25, 0.3) is 0 Å². The van der Waals surface area contributed by atoms with Crippen LogP contribution in [0.1, 0.15) is 38.7 Å². The van der Waals surface area contributed by atoms with Crippen LogP contribution in [0.4, 0.5) is 0 Å². The molecule has 0 spiro atoms. The second kappa shape index (κ2) is 9.59. The summed E-state index contributed by atoms with van der Waals surface area (Å²) in [4.78, 5) is 18.2. The number of fused-ring (bicyclic) bond motifs is 1. The van der Waals surface area contributed by atoms with Crippen LogP contribution in [0.5, 0.6) is 0 Å². The van der Waals surface area contributed by atoms with Gasteiger partial charge in [0.1, 0.15) is 0 Å². The van der Waals surface area contributed by atoms with Gasteiger partial charge in [0.15, 0.2) is 0 Å². The van der Waals surface area contributed by atoms with Gasteiger partial charge >= 0.3 is 0 Å². The molecule has 2 aliphatic heterocycles. The Morgan fingerprint density at radius 3 is 2.62 bits per heavy atom. The zero-order valence-electron chi connectivity index (χ0n) is 18.1. The number of nitrogens with zero attached hydrogens (tertiary/aromatic N) is 2. The summed E-state index contributed by atoms with van der Waals surface area (Å²) in [5.41, 5.74) is 1.39. The molecule has 4 atom stereocenters. The van der Waals surface area contributed by atoms with Crippen LogP contribution >= 0.6 is 0 Å². The second-order valence-corrected chi connectivity index (χ2v) is 9.59. The van der Waals surface area contributed by atoms with Gasteiger partial charge in [-0.25, -0.2) is 0 Å². The van der Waals surface area contributed by atoms with Crippen molar-refractivity contribution in [1.29, 1.82) is 0 Å². The van der Waals surface area contributed by atoms with E-state index < -0.39 is 0 Å². The topological polar surface area (TPSA) is 44.8 Å². The first kappa shape index (κ1) is 20.8. The van der Waals surface area contributed by atoms with Crippen molar-refractivity contribution >= 4 is 5.91 Å². The Bertz CT molecular complexity index is 659. The van der Waals surface area contributed by atoms with Crippen LogP contribution in [0.2, 0.25) is 0 Å². The number of morpholine rings is 1. The summed E-state index contributed by atoms with van der Waals surface area (Å²) in [6.07, 6.45) is 3.30. The predicted molar refractivity (Wildman–Crippen MR) is 115 cm³/mol. The third-order valence-electron chi connectivity index (χ3n) is 6.99. The molecule has 160 valence electrons. The molecule has 1 aromatic rings. The average Bonchev–Trinajstić information content (AvgIpc) is 3.28. The van der Waals surface area contributed by atoms with Gasteiger partial charge < -0.3 is 10.1 Å². The first-order chi connectivity index (χ1) is 14.1. The van der Waals surface area contributed by atoms with Crippen molar-refractivity contribution in [2.45, 2.75) is 51.7 Å². The van der Waals surface area contributed by atoms with Crippen molar-refractivity contribution in [2.24, 2.45) is 17.8 Å². The molecule has 2 heterocycles. The molecule has 1 N–H and O–H groups in total. The van der Waals surface area contributed by atoms with E-state index >= 15 is 0 Å². The molecular weight excluding hydrogens is 362 g/mol. The van der Waals surface area contributed by atoms with Crippen molar-refractivity contribution in [3.8, 4) is 0 Å². The maximum Gasteiger partial charge on any atom is 0.237 e. The smallest absolute Gasteiger partial charge is 0.237 e. The van der Waals surface area contributed by atoms with E-state index in [-0.39, 0.29) is 11.9 Å². The summed E-state index contributed by atoms with van der Waals surface area (Å²) in [6.45, 7) is 10.9. The fraction of sp³-hybridized carbons (Fsp3) is 0.708. The summed E-state index contributed by atoms with van der Waals surface area (Å²) in [5, 5.41) is 3.49. The van der Waals surface area contributed by atoms with E-state index in [1.165, 1.54) is 18.5 Å². The predicted octanol–water partition coefficient (Wildman–Crippen LogP) is 2.76. The highest BCUT2D eigenvalue weighted by molar-refractivity contribution is 5.82. The number of nitrogens with one attached hydrogen (secondary N) is 1. The highest BCUT2D eigenvalue weighted by atomic mass is 16.5. The number of carbonyl (C=O) groups is 1. The van der Waals surface area contributed by atoms with Crippen LogP contribution in [-0.4, -0.2) is 67.2 Å². The third-order valence-corrected chi connectivity index (χ3v) is 6.99. The molecular formula is C24H37N3O2. The van der Waals surface area contributed by atoms with Crippen LogP contribution < -0.4 is 5.32 Å². The Labute approximate surface area is 175 Å². The molecule has 5 heteroatoms. The van der Waals surface area contributed by atoms with Crippen molar-refractivity contribution < 1.29 is 9.53 Å². The van der Waals surface area contributed by atoms with Crippen molar-refractivity contribution in [2.75, 3.05) is 39.4 Å². The van der Waals surface area contributed by atoms with Crippen molar-refractivity contribution in [3.63, 3.8) is 0 Å². The van der Waals surface area contributed by atoms with E-state index in [4.69, 9.17) is 4.74 Å². The Kier molecular flexibility index (Phi) is 6.88. The highest BCUT2D eigenvalue weighted by Gasteiger charge is 2.43. The average molecular weight is 400 g/mol. The first-order valence-corrected chi connectivity index (χ1v) is 11.5. The Morgan fingerprint density at radius 2 is 1.90 bits per heavy atom. The van der Waals surface area contributed by atoms with Crippen LogP contribution in [0.15, 0.2) is 30.3 Å². The lowest BCUT2D eigenvalue weighted by molar-refractivity contribution is -0.130. The van der Waals surface area contributed by atoms with Gasteiger partial charge in [-0.1, -0.05) is 44.2 Å². The largest absolute Gasteiger partial charge is 0.379 e. The maximum absolute atomic E-state index is 13.3. The first-order valence-electron chi connectivity index (χ1n) is 11.5.